The van der Waals surface area contributed by atoms with Gasteiger partial charge in [-0.2, -0.15) is 0 Å². The lowest BCUT2D eigenvalue weighted by Crippen LogP contribution is -2.35. The van der Waals surface area contributed by atoms with Crippen molar-refractivity contribution in [3.8, 4) is 5.75 Å². The number of amides is 1. The van der Waals surface area contributed by atoms with Gasteiger partial charge in [-0.05, 0) is 49.4 Å². The van der Waals surface area contributed by atoms with Gasteiger partial charge in [0, 0.05) is 18.0 Å². The van der Waals surface area contributed by atoms with Crippen LogP contribution in [0.15, 0.2) is 24.3 Å². The molecule has 1 aromatic carbocycles. The monoisotopic (exact) mass is 393 g/mol. The summed E-state index contributed by atoms with van der Waals surface area (Å²) in [4.78, 5) is 36.0. The van der Waals surface area contributed by atoms with Crippen LogP contribution >= 0.6 is 0 Å². The summed E-state index contributed by atoms with van der Waals surface area (Å²) in [5.74, 6) is -1.27. The molecule has 0 aliphatic carbocycles. The van der Waals surface area contributed by atoms with E-state index in [1.165, 1.54) is 26.2 Å². The smallest absolute Gasteiger partial charge is 0.308 e. The van der Waals surface area contributed by atoms with E-state index in [4.69, 9.17) is 9.47 Å². The second-order valence-corrected chi connectivity index (χ2v) is 7.62. The molecule has 1 aromatic rings. The number of phenolic OH excluding ortho intramolecular Hbond substituents is 1. The number of hydrogen-bond acceptors (Lipinski definition) is 6. The highest BCUT2D eigenvalue weighted by Gasteiger charge is 2.33. The molecule has 2 unspecified atom stereocenters. The molecule has 7 nitrogen and oxygen atoms in total. The van der Waals surface area contributed by atoms with Crippen molar-refractivity contribution in [3.63, 3.8) is 0 Å². The molecule has 156 valence electrons. The van der Waals surface area contributed by atoms with Crippen LogP contribution in [0.2, 0.25) is 0 Å². The van der Waals surface area contributed by atoms with E-state index < -0.39 is 11.4 Å². The summed E-state index contributed by atoms with van der Waals surface area (Å²) in [6, 6.07) is 6.22. The molecule has 0 saturated carbocycles. The Hall–Kier alpha value is -2.57. The highest BCUT2D eigenvalue weighted by atomic mass is 16.5. The summed E-state index contributed by atoms with van der Waals surface area (Å²) < 4.78 is 10.0. The van der Waals surface area contributed by atoms with E-state index in [2.05, 4.69) is 5.32 Å². The number of nitrogens with one attached hydrogen (secondary N) is 1. The summed E-state index contributed by atoms with van der Waals surface area (Å²) in [5, 5.41) is 12.2. The first-order chi connectivity index (χ1) is 13.1. The lowest BCUT2D eigenvalue weighted by molar-refractivity contribution is -0.147. The van der Waals surface area contributed by atoms with E-state index in [1.54, 1.807) is 12.1 Å². The van der Waals surface area contributed by atoms with Gasteiger partial charge < -0.3 is 19.9 Å². The van der Waals surface area contributed by atoms with Crippen LogP contribution < -0.4 is 5.32 Å². The molecule has 0 radical (unpaired) electrons. The molecule has 0 heterocycles. The van der Waals surface area contributed by atoms with Crippen LogP contribution in [0.1, 0.15) is 47.0 Å². The SMILES string of the molecule is CCC(CC(COC(C)=O)CC(C)(C)C(=O)Nc1ccc(O)cc1)C(=O)OC. The summed E-state index contributed by atoms with van der Waals surface area (Å²) in [7, 11) is 1.35. The molecule has 0 aliphatic rings. The normalized spacial score (nSPS) is 13.3. The van der Waals surface area contributed by atoms with Crippen LogP contribution in [0, 0.1) is 17.3 Å². The minimum atomic E-state index is -0.767. The van der Waals surface area contributed by atoms with Crippen molar-refractivity contribution in [2.75, 3.05) is 19.0 Å². The van der Waals surface area contributed by atoms with Crippen LogP contribution in [-0.4, -0.2) is 36.7 Å². The number of anilines is 1. The number of benzene rings is 1. The zero-order valence-corrected chi connectivity index (χ0v) is 17.3. The van der Waals surface area contributed by atoms with Gasteiger partial charge in [0.25, 0.3) is 0 Å². The quantitative estimate of drug-likeness (QED) is 0.466. The van der Waals surface area contributed by atoms with Gasteiger partial charge in [-0.3, -0.25) is 14.4 Å². The lowest BCUT2D eigenvalue weighted by Gasteiger charge is -2.30. The Balaban J connectivity index is 2.86. The Kier molecular flexibility index (Phi) is 8.96. The van der Waals surface area contributed by atoms with Gasteiger partial charge in [-0.1, -0.05) is 20.8 Å². The van der Waals surface area contributed by atoms with Crippen molar-refractivity contribution in [3.05, 3.63) is 24.3 Å². The van der Waals surface area contributed by atoms with Gasteiger partial charge in [-0.15, -0.1) is 0 Å². The van der Waals surface area contributed by atoms with E-state index in [9.17, 15) is 19.5 Å². The second kappa shape index (κ2) is 10.7. The van der Waals surface area contributed by atoms with Gasteiger partial charge in [0.05, 0.1) is 19.6 Å². The average molecular weight is 393 g/mol. The number of hydrogen-bond donors (Lipinski definition) is 2. The van der Waals surface area contributed by atoms with Crippen LogP contribution in [0.25, 0.3) is 0 Å². The Labute approximate surface area is 166 Å². The van der Waals surface area contributed by atoms with Gasteiger partial charge in [0.15, 0.2) is 0 Å². The van der Waals surface area contributed by atoms with E-state index in [0.29, 0.717) is 24.9 Å². The summed E-state index contributed by atoms with van der Waals surface area (Å²) in [5.41, 5.74) is -0.190. The van der Waals surface area contributed by atoms with Crippen molar-refractivity contribution in [1.82, 2.24) is 0 Å². The molecule has 0 saturated heterocycles. The maximum Gasteiger partial charge on any atom is 0.308 e. The Morgan fingerprint density at radius 3 is 2.29 bits per heavy atom. The zero-order valence-electron chi connectivity index (χ0n) is 17.3. The van der Waals surface area contributed by atoms with E-state index >= 15 is 0 Å². The average Bonchev–Trinajstić information content (AvgIpc) is 2.64. The summed E-state index contributed by atoms with van der Waals surface area (Å²) >= 11 is 0. The zero-order chi connectivity index (χ0) is 21.3. The summed E-state index contributed by atoms with van der Waals surface area (Å²) in [6.45, 7) is 6.98. The molecule has 28 heavy (non-hydrogen) atoms. The van der Waals surface area contributed by atoms with Crippen LogP contribution in [0.3, 0.4) is 0 Å². The van der Waals surface area contributed by atoms with Gasteiger partial charge >= 0.3 is 11.9 Å². The number of aromatic hydroxyl groups is 1. The maximum absolute atomic E-state index is 12.8. The highest BCUT2D eigenvalue weighted by Crippen LogP contribution is 2.32. The predicted octanol–water partition coefficient (Wildman–Crippen LogP) is 3.52. The number of rotatable bonds is 10. The molecule has 2 atom stereocenters. The highest BCUT2D eigenvalue weighted by molar-refractivity contribution is 5.94. The van der Waals surface area contributed by atoms with Gasteiger partial charge in [0.1, 0.15) is 5.75 Å². The standard InChI is InChI=1S/C21H31NO6/c1-6-16(19(25)27-5)11-15(13-28-14(2)23)12-21(3,4)20(26)22-17-7-9-18(24)10-8-17/h7-10,15-16,24H,6,11-13H2,1-5H3,(H,22,26). The third-order valence-corrected chi connectivity index (χ3v) is 4.71. The molecular formula is C21H31NO6. The molecule has 1 rings (SSSR count). The number of phenols is 1. The van der Waals surface area contributed by atoms with Crippen molar-refractivity contribution in [2.24, 2.45) is 17.3 Å². The molecular weight excluding hydrogens is 362 g/mol. The molecule has 2 N–H and O–H groups in total. The van der Waals surface area contributed by atoms with Crippen LogP contribution in [0.4, 0.5) is 5.69 Å². The van der Waals surface area contributed by atoms with Crippen molar-refractivity contribution >= 4 is 23.5 Å². The minimum absolute atomic E-state index is 0.118. The minimum Gasteiger partial charge on any atom is -0.508 e. The number of methoxy groups -OCH3 is 1. The number of carbonyl (C=O) groups is 3. The molecule has 0 bridgehead atoms. The predicted molar refractivity (Wildman–Crippen MR) is 106 cm³/mol. The van der Waals surface area contributed by atoms with E-state index in [1.807, 2.05) is 20.8 Å². The Bertz CT molecular complexity index is 668. The third-order valence-electron chi connectivity index (χ3n) is 4.71. The van der Waals surface area contributed by atoms with Crippen LogP contribution in [0.5, 0.6) is 5.75 Å². The third kappa shape index (κ3) is 7.58. The Morgan fingerprint density at radius 1 is 1.18 bits per heavy atom. The first-order valence-corrected chi connectivity index (χ1v) is 9.40. The van der Waals surface area contributed by atoms with Crippen LogP contribution in [-0.2, 0) is 23.9 Å². The lowest BCUT2D eigenvalue weighted by atomic mass is 9.78. The molecule has 0 fully saturated rings. The fourth-order valence-corrected chi connectivity index (χ4v) is 3.10. The number of esters is 2. The molecule has 1 amide bonds. The van der Waals surface area contributed by atoms with E-state index in [0.717, 1.165) is 0 Å². The van der Waals surface area contributed by atoms with Crippen molar-refractivity contribution < 1.29 is 29.0 Å². The maximum atomic E-state index is 12.8. The van der Waals surface area contributed by atoms with E-state index in [-0.39, 0.29) is 36.1 Å². The molecule has 7 heteroatoms. The van der Waals surface area contributed by atoms with Gasteiger partial charge in [-0.25, -0.2) is 0 Å². The second-order valence-electron chi connectivity index (χ2n) is 7.62. The number of ether oxygens (including phenoxy) is 2. The Morgan fingerprint density at radius 2 is 1.79 bits per heavy atom. The first-order valence-electron chi connectivity index (χ1n) is 9.40. The van der Waals surface area contributed by atoms with Crippen molar-refractivity contribution in [2.45, 2.75) is 47.0 Å². The molecule has 0 aromatic heterocycles. The molecule has 0 aliphatic heterocycles. The number of carbonyl (C=O) groups excluding carboxylic acids is 3. The first kappa shape index (κ1) is 23.5. The topological polar surface area (TPSA) is 102 Å². The van der Waals surface area contributed by atoms with Gasteiger partial charge in [0.2, 0.25) is 5.91 Å². The fraction of sp³-hybridized carbons (Fsp3) is 0.571. The molecule has 0 spiro atoms. The van der Waals surface area contributed by atoms with Crippen molar-refractivity contribution in [1.29, 1.82) is 0 Å². The fourth-order valence-electron chi connectivity index (χ4n) is 3.10. The largest absolute Gasteiger partial charge is 0.508 e. The summed E-state index contributed by atoms with van der Waals surface area (Å²) in [6.07, 6.45) is 1.49.